The first-order valence-electron chi connectivity index (χ1n) is 4.81. The summed E-state index contributed by atoms with van der Waals surface area (Å²) < 4.78 is 12.9. The third-order valence-electron chi connectivity index (χ3n) is 2.05. The summed E-state index contributed by atoms with van der Waals surface area (Å²) >= 11 is 11.2. The number of nitrogens with one attached hydrogen (secondary N) is 1. The Hall–Kier alpha value is -1.72. The molecule has 0 aliphatic heterocycles. The SMILES string of the molecule is O=C(Nc1ccnc(Cl)n1)c1ccc(F)c(Cl)c1. The van der Waals surface area contributed by atoms with Crippen molar-refractivity contribution in [3.63, 3.8) is 0 Å². The highest BCUT2D eigenvalue weighted by molar-refractivity contribution is 6.31. The number of rotatable bonds is 2. The Morgan fingerprint density at radius 1 is 1.28 bits per heavy atom. The van der Waals surface area contributed by atoms with E-state index in [1.54, 1.807) is 0 Å². The molecule has 0 bridgehead atoms. The van der Waals surface area contributed by atoms with Crippen LogP contribution < -0.4 is 5.32 Å². The smallest absolute Gasteiger partial charge is 0.256 e. The average Bonchev–Trinajstić information content (AvgIpc) is 2.32. The quantitative estimate of drug-likeness (QED) is 0.863. The summed E-state index contributed by atoms with van der Waals surface area (Å²) in [5.41, 5.74) is 0.219. The minimum Gasteiger partial charge on any atom is -0.306 e. The number of carbonyl (C=O) groups is 1. The van der Waals surface area contributed by atoms with Crippen LogP contribution >= 0.6 is 23.2 Å². The molecule has 0 radical (unpaired) electrons. The van der Waals surface area contributed by atoms with Crippen LogP contribution in [0.15, 0.2) is 30.5 Å². The fourth-order valence-corrected chi connectivity index (χ4v) is 1.56. The zero-order chi connectivity index (χ0) is 13.1. The van der Waals surface area contributed by atoms with Gasteiger partial charge in [-0.3, -0.25) is 4.79 Å². The van der Waals surface area contributed by atoms with Crippen LogP contribution in [0.3, 0.4) is 0 Å². The number of aromatic nitrogens is 2. The van der Waals surface area contributed by atoms with Crippen LogP contribution in [0.1, 0.15) is 10.4 Å². The van der Waals surface area contributed by atoms with Crippen LogP contribution in [0, 0.1) is 5.82 Å². The molecule has 0 aliphatic carbocycles. The standard InChI is InChI=1S/C11H6Cl2FN3O/c12-7-5-6(1-2-8(7)14)10(18)16-9-3-4-15-11(13)17-9/h1-5H,(H,15,16,17,18). The second kappa shape index (κ2) is 5.29. The summed E-state index contributed by atoms with van der Waals surface area (Å²) in [7, 11) is 0. The second-order valence-corrected chi connectivity index (χ2v) is 4.04. The summed E-state index contributed by atoms with van der Waals surface area (Å²) in [6.45, 7) is 0. The van der Waals surface area contributed by atoms with Crippen LogP contribution in [-0.4, -0.2) is 15.9 Å². The van der Waals surface area contributed by atoms with E-state index in [1.807, 2.05) is 0 Å². The molecule has 4 nitrogen and oxygen atoms in total. The third-order valence-corrected chi connectivity index (χ3v) is 2.52. The van der Waals surface area contributed by atoms with Gasteiger partial charge in [0.2, 0.25) is 5.28 Å². The third kappa shape index (κ3) is 2.94. The first kappa shape index (κ1) is 12.7. The molecule has 1 aromatic heterocycles. The molecule has 0 fully saturated rings. The zero-order valence-electron chi connectivity index (χ0n) is 8.82. The van der Waals surface area contributed by atoms with Gasteiger partial charge in [0.1, 0.15) is 11.6 Å². The second-order valence-electron chi connectivity index (χ2n) is 3.29. The monoisotopic (exact) mass is 285 g/mol. The molecule has 0 atom stereocenters. The number of carbonyl (C=O) groups excluding carboxylic acids is 1. The minimum absolute atomic E-state index is 0.0185. The van der Waals surface area contributed by atoms with Crippen molar-refractivity contribution in [1.82, 2.24) is 9.97 Å². The van der Waals surface area contributed by atoms with Gasteiger partial charge in [0.15, 0.2) is 0 Å². The Morgan fingerprint density at radius 3 is 2.72 bits per heavy atom. The Kier molecular flexibility index (Phi) is 3.74. The maximum absolute atomic E-state index is 12.9. The molecule has 2 rings (SSSR count). The molecule has 1 amide bonds. The van der Waals surface area contributed by atoms with Gasteiger partial charge in [-0.1, -0.05) is 11.6 Å². The molecule has 0 aliphatic rings. The molecule has 0 saturated carbocycles. The molecule has 2 aromatic rings. The van der Waals surface area contributed by atoms with Crippen LogP contribution in [0.4, 0.5) is 10.2 Å². The van der Waals surface area contributed by atoms with Gasteiger partial charge in [-0.2, -0.15) is 0 Å². The normalized spacial score (nSPS) is 10.2. The molecule has 1 aromatic carbocycles. The number of amides is 1. The first-order valence-corrected chi connectivity index (χ1v) is 5.57. The van der Waals surface area contributed by atoms with E-state index in [0.29, 0.717) is 0 Å². The van der Waals surface area contributed by atoms with Crippen molar-refractivity contribution < 1.29 is 9.18 Å². The van der Waals surface area contributed by atoms with E-state index in [0.717, 1.165) is 6.07 Å². The van der Waals surface area contributed by atoms with Crippen molar-refractivity contribution >= 4 is 34.9 Å². The van der Waals surface area contributed by atoms with Crippen molar-refractivity contribution in [2.45, 2.75) is 0 Å². The fraction of sp³-hybridized carbons (Fsp3) is 0. The molecule has 7 heteroatoms. The predicted octanol–water partition coefficient (Wildman–Crippen LogP) is 3.17. The van der Waals surface area contributed by atoms with E-state index in [1.165, 1.54) is 24.4 Å². The molecule has 18 heavy (non-hydrogen) atoms. The molecule has 0 unspecified atom stereocenters. The van der Waals surface area contributed by atoms with E-state index >= 15 is 0 Å². The molecular formula is C11H6Cl2FN3O. The number of halogens is 3. The first-order chi connectivity index (χ1) is 8.56. The van der Waals surface area contributed by atoms with Gasteiger partial charge >= 0.3 is 0 Å². The van der Waals surface area contributed by atoms with E-state index in [-0.39, 0.29) is 21.7 Å². The fourth-order valence-electron chi connectivity index (χ4n) is 1.23. The van der Waals surface area contributed by atoms with E-state index < -0.39 is 11.7 Å². The maximum atomic E-state index is 12.9. The lowest BCUT2D eigenvalue weighted by Crippen LogP contribution is -2.13. The van der Waals surface area contributed by atoms with Crippen molar-refractivity contribution in [2.24, 2.45) is 0 Å². The Morgan fingerprint density at radius 2 is 2.06 bits per heavy atom. The van der Waals surface area contributed by atoms with Crippen LogP contribution in [0.25, 0.3) is 0 Å². The summed E-state index contributed by atoms with van der Waals surface area (Å²) in [5.74, 6) is -0.801. The van der Waals surface area contributed by atoms with Gasteiger partial charge in [0.25, 0.3) is 5.91 Å². The van der Waals surface area contributed by atoms with Gasteiger partial charge in [0.05, 0.1) is 5.02 Å². The van der Waals surface area contributed by atoms with Gasteiger partial charge in [-0.05, 0) is 35.9 Å². The number of benzene rings is 1. The van der Waals surface area contributed by atoms with Crippen LogP contribution in [0.2, 0.25) is 10.3 Å². The highest BCUT2D eigenvalue weighted by atomic mass is 35.5. The topological polar surface area (TPSA) is 54.9 Å². The average molecular weight is 286 g/mol. The summed E-state index contributed by atoms with van der Waals surface area (Å²) in [6.07, 6.45) is 1.41. The number of nitrogens with zero attached hydrogens (tertiary/aromatic N) is 2. The van der Waals surface area contributed by atoms with Crippen molar-refractivity contribution in [3.05, 3.63) is 52.1 Å². The maximum Gasteiger partial charge on any atom is 0.256 e. The Bertz CT molecular complexity index is 607. The number of hydrogen-bond donors (Lipinski definition) is 1. The lowest BCUT2D eigenvalue weighted by Gasteiger charge is -2.04. The van der Waals surface area contributed by atoms with Crippen molar-refractivity contribution in [2.75, 3.05) is 5.32 Å². The van der Waals surface area contributed by atoms with Crippen LogP contribution in [-0.2, 0) is 0 Å². The van der Waals surface area contributed by atoms with Gasteiger partial charge in [-0.15, -0.1) is 0 Å². The van der Waals surface area contributed by atoms with Crippen LogP contribution in [0.5, 0.6) is 0 Å². The highest BCUT2D eigenvalue weighted by Gasteiger charge is 2.09. The molecule has 0 spiro atoms. The molecule has 92 valence electrons. The van der Waals surface area contributed by atoms with Gasteiger partial charge in [0, 0.05) is 11.8 Å². The molecule has 1 heterocycles. The number of hydrogen-bond acceptors (Lipinski definition) is 3. The predicted molar refractivity (Wildman–Crippen MR) is 66.4 cm³/mol. The summed E-state index contributed by atoms with van der Waals surface area (Å²) in [6, 6.07) is 5.15. The highest BCUT2D eigenvalue weighted by Crippen LogP contribution is 2.17. The molecular weight excluding hydrogens is 280 g/mol. The summed E-state index contributed by atoms with van der Waals surface area (Å²) in [4.78, 5) is 19.3. The summed E-state index contributed by atoms with van der Waals surface area (Å²) in [5, 5.41) is 2.39. The number of anilines is 1. The Balaban J connectivity index is 2.19. The lowest BCUT2D eigenvalue weighted by molar-refractivity contribution is 0.102. The lowest BCUT2D eigenvalue weighted by atomic mass is 10.2. The van der Waals surface area contributed by atoms with Gasteiger partial charge < -0.3 is 5.32 Å². The molecule has 1 N–H and O–H groups in total. The van der Waals surface area contributed by atoms with Gasteiger partial charge in [-0.25, -0.2) is 14.4 Å². The zero-order valence-corrected chi connectivity index (χ0v) is 10.3. The van der Waals surface area contributed by atoms with E-state index in [9.17, 15) is 9.18 Å². The van der Waals surface area contributed by atoms with E-state index in [2.05, 4.69) is 15.3 Å². The largest absolute Gasteiger partial charge is 0.306 e. The van der Waals surface area contributed by atoms with Crippen molar-refractivity contribution in [1.29, 1.82) is 0 Å². The van der Waals surface area contributed by atoms with E-state index in [4.69, 9.17) is 23.2 Å². The Labute approximate surface area is 112 Å². The molecule has 0 saturated heterocycles. The minimum atomic E-state index is -0.585. The van der Waals surface area contributed by atoms with Crippen molar-refractivity contribution in [3.8, 4) is 0 Å².